The number of imidazole rings is 1. The maximum atomic E-state index is 13.5. The van der Waals surface area contributed by atoms with Gasteiger partial charge in [-0.1, -0.05) is 19.9 Å². The first kappa shape index (κ1) is 28.3. The number of likely N-dealkylation sites (tertiary alicyclic amines) is 1. The first-order valence-corrected chi connectivity index (χ1v) is 14.1. The van der Waals surface area contributed by atoms with E-state index in [2.05, 4.69) is 18.8 Å². The maximum Gasteiger partial charge on any atom is 0.295 e. The van der Waals surface area contributed by atoms with E-state index >= 15 is 0 Å². The number of Topliss-reactive ketones (excluding diaryl/α,β-unsaturated/α-hetero) is 1. The number of carbonyl (C=O) groups excluding carboxylic acids is 2. The van der Waals surface area contributed by atoms with Crippen molar-refractivity contribution in [3.8, 4) is 17.2 Å². The molecular weight excluding hydrogens is 522 g/mol. The van der Waals surface area contributed by atoms with Gasteiger partial charge < -0.3 is 28.8 Å². The Morgan fingerprint density at radius 1 is 1.15 bits per heavy atom. The number of ether oxygens (including phenoxy) is 3. The Morgan fingerprint density at radius 3 is 2.71 bits per heavy atom. The van der Waals surface area contributed by atoms with Crippen LogP contribution in [-0.4, -0.2) is 57.6 Å². The SMILES string of the molecule is COc1cc([C@@H]2/C(=C(\O)c3ccc4c(c3)C[C@@H](C)O4)C(=O)C(=O)N2CCCn2ccnc2)ccc1OCCC(C)C. The smallest absolute Gasteiger partial charge is 0.295 e. The standard InChI is InChI=1S/C32H37N3O6/c1-20(2)10-15-40-26-9-6-22(18-27(26)39-4)29-28(30(36)23-7-8-25-24(17-23)16-21(3)41-25)31(37)32(38)35(29)13-5-12-34-14-11-33-19-34/h6-9,11,14,17-21,29,36H,5,10,12-13,15-16H2,1-4H3/b30-28+/t21-,29-/m1/s1. The van der Waals surface area contributed by atoms with Gasteiger partial charge in [-0.2, -0.15) is 0 Å². The summed E-state index contributed by atoms with van der Waals surface area (Å²) in [6.45, 7) is 7.74. The van der Waals surface area contributed by atoms with Crippen LogP contribution in [0.5, 0.6) is 17.2 Å². The molecule has 3 heterocycles. The number of hydrogen-bond acceptors (Lipinski definition) is 7. The Balaban J connectivity index is 1.52. The van der Waals surface area contributed by atoms with E-state index in [0.717, 1.165) is 17.7 Å². The molecule has 216 valence electrons. The quantitative estimate of drug-likeness (QED) is 0.197. The molecule has 5 rings (SSSR count). The predicted molar refractivity (Wildman–Crippen MR) is 154 cm³/mol. The number of nitrogens with zero attached hydrogens (tertiary/aromatic N) is 3. The van der Waals surface area contributed by atoms with E-state index in [4.69, 9.17) is 14.2 Å². The van der Waals surface area contributed by atoms with Crippen molar-refractivity contribution in [3.63, 3.8) is 0 Å². The molecule has 1 saturated heterocycles. The van der Waals surface area contributed by atoms with Crippen molar-refractivity contribution < 1.29 is 28.9 Å². The molecule has 0 radical (unpaired) electrons. The van der Waals surface area contributed by atoms with Gasteiger partial charge in [-0.3, -0.25) is 9.59 Å². The monoisotopic (exact) mass is 559 g/mol. The molecule has 1 fully saturated rings. The van der Waals surface area contributed by atoms with Crippen LogP contribution >= 0.6 is 0 Å². The molecule has 0 unspecified atom stereocenters. The van der Waals surface area contributed by atoms with E-state index in [1.807, 2.05) is 29.8 Å². The van der Waals surface area contributed by atoms with Crippen molar-refractivity contribution in [1.29, 1.82) is 0 Å². The first-order valence-electron chi connectivity index (χ1n) is 14.1. The third-order valence-electron chi connectivity index (χ3n) is 7.54. The van der Waals surface area contributed by atoms with Gasteiger partial charge >= 0.3 is 0 Å². The number of carbonyl (C=O) groups is 2. The highest BCUT2D eigenvalue weighted by molar-refractivity contribution is 6.46. The minimum atomic E-state index is -0.792. The zero-order valence-corrected chi connectivity index (χ0v) is 24.0. The zero-order chi connectivity index (χ0) is 29.1. The van der Waals surface area contributed by atoms with Crippen LogP contribution in [0.2, 0.25) is 0 Å². The van der Waals surface area contributed by atoms with E-state index in [0.29, 0.717) is 61.1 Å². The molecule has 0 saturated carbocycles. The number of methoxy groups -OCH3 is 1. The highest BCUT2D eigenvalue weighted by Gasteiger charge is 2.46. The molecule has 3 aromatic rings. The number of benzene rings is 2. The van der Waals surface area contributed by atoms with Gasteiger partial charge in [0.1, 0.15) is 17.6 Å². The molecule has 1 amide bonds. The molecule has 9 nitrogen and oxygen atoms in total. The predicted octanol–water partition coefficient (Wildman–Crippen LogP) is 5.15. The van der Waals surface area contributed by atoms with Crippen LogP contribution in [0.25, 0.3) is 5.76 Å². The highest BCUT2D eigenvalue weighted by atomic mass is 16.5. The van der Waals surface area contributed by atoms with Crippen molar-refractivity contribution in [2.24, 2.45) is 5.92 Å². The summed E-state index contributed by atoms with van der Waals surface area (Å²) >= 11 is 0. The summed E-state index contributed by atoms with van der Waals surface area (Å²) in [5.74, 6) is 0.789. The Morgan fingerprint density at radius 2 is 1.98 bits per heavy atom. The van der Waals surface area contributed by atoms with Gasteiger partial charge in [0.05, 0.1) is 31.7 Å². The number of aryl methyl sites for hydroxylation is 1. The first-order chi connectivity index (χ1) is 19.8. The maximum absolute atomic E-state index is 13.5. The van der Waals surface area contributed by atoms with Gasteiger partial charge in [-0.15, -0.1) is 0 Å². The van der Waals surface area contributed by atoms with Crippen molar-refractivity contribution >= 4 is 17.4 Å². The van der Waals surface area contributed by atoms with E-state index in [1.165, 1.54) is 4.90 Å². The van der Waals surface area contributed by atoms with Crippen molar-refractivity contribution in [2.75, 3.05) is 20.3 Å². The topological polar surface area (TPSA) is 103 Å². The largest absolute Gasteiger partial charge is 0.507 e. The lowest BCUT2D eigenvalue weighted by molar-refractivity contribution is -0.139. The number of aliphatic hydroxyl groups excluding tert-OH is 1. The Hall–Kier alpha value is -4.27. The molecule has 41 heavy (non-hydrogen) atoms. The summed E-state index contributed by atoms with van der Waals surface area (Å²) < 4.78 is 19.3. The number of fused-ring (bicyclic) bond motifs is 1. The van der Waals surface area contributed by atoms with Gasteiger partial charge in [-0.05, 0) is 67.1 Å². The number of ketones is 1. The summed E-state index contributed by atoms with van der Waals surface area (Å²) in [5, 5.41) is 11.6. The van der Waals surface area contributed by atoms with E-state index in [-0.39, 0.29) is 17.4 Å². The fraction of sp³-hybridized carbons (Fsp3) is 0.406. The van der Waals surface area contributed by atoms with E-state index in [9.17, 15) is 14.7 Å². The van der Waals surface area contributed by atoms with E-state index < -0.39 is 17.7 Å². The molecule has 1 aromatic heterocycles. The molecule has 2 aliphatic rings. The van der Waals surface area contributed by atoms with Crippen LogP contribution in [0.3, 0.4) is 0 Å². The summed E-state index contributed by atoms with van der Waals surface area (Å²) in [6, 6.07) is 9.99. The molecular formula is C32H37N3O6. The molecule has 9 heteroatoms. The lowest BCUT2D eigenvalue weighted by atomic mass is 9.94. The molecule has 1 N–H and O–H groups in total. The van der Waals surface area contributed by atoms with Crippen LogP contribution in [0, 0.1) is 5.92 Å². The molecule has 0 spiro atoms. The average Bonchev–Trinajstić information content (AvgIpc) is 3.66. The number of aliphatic hydroxyl groups is 1. The van der Waals surface area contributed by atoms with Crippen LogP contribution < -0.4 is 14.2 Å². The van der Waals surface area contributed by atoms with Gasteiger partial charge in [0.25, 0.3) is 11.7 Å². The summed E-state index contributed by atoms with van der Waals surface area (Å²) in [6.07, 6.45) is 7.51. The Bertz CT molecular complexity index is 1450. The summed E-state index contributed by atoms with van der Waals surface area (Å²) in [4.78, 5) is 32.5. The van der Waals surface area contributed by atoms with Crippen molar-refractivity contribution in [2.45, 2.75) is 58.7 Å². The van der Waals surface area contributed by atoms with Crippen LogP contribution in [0.1, 0.15) is 56.3 Å². The van der Waals surface area contributed by atoms with Crippen LogP contribution in [-0.2, 0) is 22.6 Å². The minimum Gasteiger partial charge on any atom is -0.507 e. The second-order valence-corrected chi connectivity index (χ2v) is 11.0. The van der Waals surface area contributed by atoms with Gasteiger partial charge in [0, 0.05) is 37.5 Å². The van der Waals surface area contributed by atoms with Crippen molar-refractivity contribution in [1.82, 2.24) is 14.5 Å². The van der Waals surface area contributed by atoms with Crippen LogP contribution in [0.15, 0.2) is 60.7 Å². The molecule has 2 aliphatic heterocycles. The molecule has 0 aliphatic carbocycles. The normalized spacial score (nSPS) is 19.5. The lowest BCUT2D eigenvalue weighted by Crippen LogP contribution is -2.31. The Labute approximate surface area is 240 Å². The molecule has 0 bridgehead atoms. The van der Waals surface area contributed by atoms with Crippen LogP contribution in [0.4, 0.5) is 0 Å². The number of hydrogen-bond donors (Lipinski definition) is 1. The second-order valence-electron chi connectivity index (χ2n) is 11.0. The lowest BCUT2D eigenvalue weighted by Gasteiger charge is -2.26. The number of amides is 1. The number of aromatic nitrogens is 2. The Kier molecular flexibility index (Phi) is 8.33. The summed E-state index contributed by atoms with van der Waals surface area (Å²) in [5.41, 5.74) is 2.14. The fourth-order valence-corrected chi connectivity index (χ4v) is 5.40. The van der Waals surface area contributed by atoms with Gasteiger partial charge in [-0.25, -0.2) is 4.98 Å². The van der Waals surface area contributed by atoms with Gasteiger partial charge in [0.15, 0.2) is 11.5 Å². The second kappa shape index (κ2) is 12.1. The average molecular weight is 560 g/mol. The zero-order valence-electron chi connectivity index (χ0n) is 24.0. The van der Waals surface area contributed by atoms with Gasteiger partial charge in [0.2, 0.25) is 0 Å². The highest BCUT2D eigenvalue weighted by Crippen LogP contribution is 2.43. The van der Waals surface area contributed by atoms with E-state index in [1.54, 1.807) is 43.9 Å². The number of rotatable bonds is 11. The third-order valence-corrected chi connectivity index (χ3v) is 7.54. The fourth-order valence-electron chi connectivity index (χ4n) is 5.40. The minimum absolute atomic E-state index is 0.0391. The molecule has 2 aromatic carbocycles. The third kappa shape index (κ3) is 5.94. The molecule has 2 atom stereocenters. The summed E-state index contributed by atoms with van der Waals surface area (Å²) in [7, 11) is 1.56. The van der Waals surface area contributed by atoms with Crippen molar-refractivity contribution in [3.05, 3.63) is 77.4 Å².